The lowest BCUT2D eigenvalue weighted by Gasteiger charge is -2.22. The van der Waals surface area contributed by atoms with Crippen molar-refractivity contribution < 1.29 is 27.2 Å². The maximum absolute atomic E-state index is 11.0. The lowest BCUT2D eigenvalue weighted by atomic mass is 10.1. The standard InChI is InChI=1S/C10H12O6S/c1-10(11,16-17(2,12)13)7-3-4-8-9(5-7)15-6-14-8/h3-5,11H,6H2,1-2H3. The first-order chi connectivity index (χ1) is 7.78. The number of rotatable bonds is 3. The second-order valence-corrected chi connectivity index (χ2v) is 5.41. The van der Waals surface area contributed by atoms with E-state index in [0.717, 1.165) is 6.26 Å². The minimum atomic E-state index is -3.77. The van der Waals surface area contributed by atoms with Crippen LogP contribution >= 0.6 is 0 Å². The van der Waals surface area contributed by atoms with Crippen molar-refractivity contribution in [1.29, 1.82) is 0 Å². The van der Waals surface area contributed by atoms with Crippen LogP contribution in [0.5, 0.6) is 11.5 Å². The lowest BCUT2D eigenvalue weighted by Crippen LogP contribution is -2.28. The van der Waals surface area contributed by atoms with Gasteiger partial charge in [0.15, 0.2) is 11.5 Å². The van der Waals surface area contributed by atoms with Crippen LogP contribution in [-0.4, -0.2) is 26.6 Å². The van der Waals surface area contributed by atoms with Crippen molar-refractivity contribution >= 4 is 10.1 Å². The van der Waals surface area contributed by atoms with E-state index >= 15 is 0 Å². The monoisotopic (exact) mass is 260 g/mol. The van der Waals surface area contributed by atoms with Crippen LogP contribution in [0, 0.1) is 0 Å². The number of hydrogen-bond donors (Lipinski definition) is 1. The highest BCUT2D eigenvalue weighted by molar-refractivity contribution is 7.86. The Kier molecular flexibility index (Phi) is 2.76. The molecule has 1 N–H and O–H groups in total. The summed E-state index contributed by atoms with van der Waals surface area (Å²) in [5.41, 5.74) is 0.271. The Balaban J connectivity index is 2.33. The molecule has 1 atom stereocenters. The van der Waals surface area contributed by atoms with Crippen molar-refractivity contribution in [3.05, 3.63) is 23.8 Å². The van der Waals surface area contributed by atoms with Gasteiger partial charge in [-0.1, -0.05) is 0 Å². The van der Waals surface area contributed by atoms with Crippen molar-refractivity contribution in [2.24, 2.45) is 0 Å². The summed E-state index contributed by atoms with van der Waals surface area (Å²) in [7, 11) is -3.77. The van der Waals surface area contributed by atoms with Crippen LogP contribution in [0.1, 0.15) is 12.5 Å². The summed E-state index contributed by atoms with van der Waals surface area (Å²) in [5, 5.41) is 9.95. The predicted octanol–water partition coefficient (Wildman–Crippen LogP) is 0.556. The molecule has 6 nitrogen and oxygen atoms in total. The van der Waals surface area contributed by atoms with Crippen LogP contribution in [-0.2, 0) is 20.1 Å². The molecule has 1 aromatic rings. The molecule has 0 aliphatic carbocycles. The SMILES string of the molecule is CC(O)(OS(C)(=O)=O)c1ccc2c(c1)OCO2. The molecule has 0 saturated heterocycles. The zero-order valence-corrected chi connectivity index (χ0v) is 10.2. The molecular formula is C10H12O6S. The molecule has 1 heterocycles. The second kappa shape index (κ2) is 3.86. The predicted molar refractivity (Wildman–Crippen MR) is 58.1 cm³/mol. The molecule has 94 valence electrons. The van der Waals surface area contributed by atoms with Crippen LogP contribution < -0.4 is 9.47 Å². The van der Waals surface area contributed by atoms with Crippen molar-refractivity contribution in [3.8, 4) is 11.5 Å². The molecule has 17 heavy (non-hydrogen) atoms. The maximum Gasteiger partial charge on any atom is 0.267 e. The van der Waals surface area contributed by atoms with Gasteiger partial charge in [-0.25, -0.2) is 4.18 Å². The van der Waals surface area contributed by atoms with E-state index in [1.54, 1.807) is 6.07 Å². The molecular weight excluding hydrogens is 248 g/mol. The van der Waals surface area contributed by atoms with Gasteiger partial charge in [0.05, 0.1) is 6.26 Å². The molecule has 1 aliphatic heterocycles. The normalized spacial score (nSPS) is 17.8. The molecule has 1 aliphatic rings. The van der Waals surface area contributed by atoms with E-state index in [2.05, 4.69) is 4.18 Å². The van der Waals surface area contributed by atoms with Gasteiger partial charge in [0, 0.05) is 5.56 Å². The molecule has 0 radical (unpaired) electrons. The molecule has 0 spiro atoms. The summed E-state index contributed by atoms with van der Waals surface area (Å²) in [4.78, 5) is 0. The summed E-state index contributed by atoms with van der Waals surface area (Å²) in [6.07, 6.45) is 0.869. The molecule has 1 unspecified atom stereocenters. The third-order valence-electron chi connectivity index (χ3n) is 2.22. The van der Waals surface area contributed by atoms with Crippen molar-refractivity contribution in [1.82, 2.24) is 0 Å². The van der Waals surface area contributed by atoms with E-state index in [-0.39, 0.29) is 12.4 Å². The first-order valence-corrected chi connectivity index (χ1v) is 6.63. The molecule has 0 amide bonds. The van der Waals surface area contributed by atoms with Gasteiger partial charge in [-0.3, -0.25) is 0 Å². The van der Waals surface area contributed by atoms with E-state index in [4.69, 9.17) is 9.47 Å². The Morgan fingerprint density at radius 3 is 2.65 bits per heavy atom. The molecule has 2 rings (SSSR count). The minimum absolute atomic E-state index is 0.105. The second-order valence-electron chi connectivity index (χ2n) is 3.84. The Bertz CT molecular complexity index is 534. The van der Waals surface area contributed by atoms with Crippen molar-refractivity contribution in [2.45, 2.75) is 12.7 Å². The summed E-state index contributed by atoms with van der Waals surface area (Å²) < 4.78 is 36.9. The Labute approximate surface area is 98.9 Å². The molecule has 7 heteroatoms. The minimum Gasteiger partial charge on any atom is -0.454 e. The highest BCUT2D eigenvalue weighted by atomic mass is 32.2. The van der Waals surface area contributed by atoms with Crippen LogP contribution in [0.15, 0.2) is 18.2 Å². The highest BCUT2D eigenvalue weighted by Gasteiger charge is 2.30. The van der Waals surface area contributed by atoms with Crippen molar-refractivity contribution in [2.75, 3.05) is 13.0 Å². The van der Waals surface area contributed by atoms with E-state index in [9.17, 15) is 13.5 Å². The van der Waals surface area contributed by atoms with Crippen LogP contribution in [0.2, 0.25) is 0 Å². The fourth-order valence-corrected chi connectivity index (χ4v) is 2.21. The Morgan fingerprint density at radius 2 is 2.00 bits per heavy atom. The van der Waals surface area contributed by atoms with E-state index < -0.39 is 15.9 Å². The molecule has 0 aromatic heterocycles. The van der Waals surface area contributed by atoms with E-state index in [1.807, 2.05) is 0 Å². The van der Waals surface area contributed by atoms with Gasteiger partial charge >= 0.3 is 0 Å². The van der Waals surface area contributed by atoms with Crippen LogP contribution in [0.3, 0.4) is 0 Å². The number of ether oxygens (including phenoxy) is 2. The zero-order valence-electron chi connectivity index (χ0n) is 9.34. The number of benzene rings is 1. The summed E-state index contributed by atoms with van der Waals surface area (Å²) >= 11 is 0. The van der Waals surface area contributed by atoms with Crippen LogP contribution in [0.4, 0.5) is 0 Å². The average Bonchev–Trinajstić information content (AvgIpc) is 2.59. The summed E-state index contributed by atoms with van der Waals surface area (Å²) in [6, 6.07) is 4.57. The van der Waals surface area contributed by atoms with Gasteiger partial charge in [-0.15, -0.1) is 0 Å². The quantitative estimate of drug-likeness (QED) is 0.631. The lowest BCUT2D eigenvalue weighted by molar-refractivity contribution is -0.124. The average molecular weight is 260 g/mol. The van der Waals surface area contributed by atoms with Crippen molar-refractivity contribution in [3.63, 3.8) is 0 Å². The summed E-state index contributed by atoms with van der Waals surface area (Å²) in [6.45, 7) is 1.35. The fourth-order valence-electron chi connectivity index (χ4n) is 1.53. The van der Waals surface area contributed by atoms with Gasteiger partial charge in [0.1, 0.15) is 0 Å². The largest absolute Gasteiger partial charge is 0.454 e. The van der Waals surface area contributed by atoms with Gasteiger partial charge in [-0.2, -0.15) is 8.42 Å². The number of hydrogen-bond acceptors (Lipinski definition) is 6. The Hall–Kier alpha value is -1.31. The Morgan fingerprint density at radius 1 is 1.35 bits per heavy atom. The first kappa shape index (κ1) is 12.2. The number of fused-ring (bicyclic) bond motifs is 1. The fraction of sp³-hybridized carbons (Fsp3) is 0.400. The van der Waals surface area contributed by atoms with Gasteiger partial charge in [-0.05, 0) is 25.1 Å². The molecule has 0 bridgehead atoms. The van der Waals surface area contributed by atoms with Crippen LogP contribution in [0.25, 0.3) is 0 Å². The third-order valence-corrected chi connectivity index (χ3v) is 2.85. The molecule has 1 aromatic carbocycles. The van der Waals surface area contributed by atoms with Gasteiger partial charge < -0.3 is 14.6 Å². The third kappa shape index (κ3) is 2.68. The smallest absolute Gasteiger partial charge is 0.267 e. The topological polar surface area (TPSA) is 82.1 Å². The van der Waals surface area contributed by atoms with E-state index in [0.29, 0.717) is 11.5 Å². The van der Waals surface area contributed by atoms with Gasteiger partial charge in [0.25, 0.3) is 10.1 Å². The zero-order chi connectivity index (χ0) is 12.7. The molecule has 0 fully saturated rings. The first-order valence-electron chi connectivity index (χ1n) is 4.81. The maximum atomic E-state index is 11.0. The van der Waals surface area contributed by atoms with E-state index in [1.165, 1.54) is 19.1 Å². The van der Waals surface area contributed by atoms with Gasteiger partial charge in [0.2, 0.25) is 12.6 Å². The number of aliphatic hydroxyl groups is 1. The highest BCUT2D eigenvalue weighted by Crippen LogP contribution is 2.36. The molecule has 0 saturated carbocycles. The summed E-state index contributed by atoms with van der Waals surface area (Å²) in [5.74, 6) is -0.946.